The van der Waals surface area contributed by atoms with E-state index in [2.05, 4.69) is 6.07 Å². The molecule has 0 atom stereocenters. The summed E-state index contributed by atoms with van der Waals surface area (Å²) < 4.78 is 11.4. The number of carbonyl (C=O) groups excluding carboxylic acids is 2. The van der Waals surface area contributed by atoms with Crippen LogP contribution in [0.1, 0.15) is 51.2 Å². The van der Waals surface area contributed by atoms with E-state index in [4.69, 9.17) is 32.7 Å². The molecule has 8 heteroatoms. The van der Waals surface area contributed by atoms with Gasteiger partial charge in [-0.2, -0.15) is 0 Å². The van der Waals surface area contributed by atoms with Gasteiger partial charge in [-0.15, -0.1) is 0 Å². The second kappa shape index (κ2) is 12.4. The molecule has 3 aromatic carbocycles. The lowest BCUT2D eigenvalue weighted by Crippen LogP contribution is -2.44. The summed E-state index contributed by atoms with van der Waals surface area (Å²) in [5.41, 5.74) is 4.56. The average molecular weight is 608 g/mol. The normalized spacial score (nSPS) is 15.4. The van der Waals surface area contributed by atoms with Crippen molar-refractivity contribution in [3.05, 3.63) is 93.5 Å². The summed E-state index contributed by atoms with van der Waals surface area (Å²) in [4.78, 5) is 31.2. The first kappa shape index (κ1) is 30.0. The summed E-state index contributed by atoms with van der Waals surface area (Å²) in [6, 6.07) is 21.7. The maximum Gasteiger partial charge on any atom is 0.410 e. The molecule has 1 aliphatic carbocycles. The average Bonchev–Trinajstić information content (AvgIpc) is 3.82. The minimum atomic E-state index is -0.647. The second-order valence-corrected chi connectivity index (χ2v) is 12.6. The van der Waals surface area contributed by atoms with Gasteiger partial charge < -0.3 is 19.3 Å². The Kier molecular flexibility index (Phi) is 8.86. The van der Waals surface area contributed by atoms with E-state index in [1.807, 2.05) is 80.3 Å². The predicted octanol–water partition coefficient (Wildman–Crippen LogP) is 8.25. The highest BCUT2D eigenvalue weighted by Crippen LogP contribution is 2.38. The number of rotatable bonds is 7. The van der Waals surface area contributed by atoms with Crippen molar-refractivity contribution in [1.29, 1.82) is 0 Å². The van der Waals surface area contributed by atoms with Crippen molar-refractivity contribution >= 4 is 40.8 Å². The number of benzene rings is 3. The lowest BCUT2D eigenvalue weighted by Gasteiger charge is -2.34. The Hall–Kier alpha value is -3.48. The first-order chi connectivity index (χ1) is 20.0. The molecule has 1 aliphatic heterocycles. The van der Waals surface area contributed by atoms with Crippen LogP contribution in [0.2, 0.25) is 10.0 Å². The molecular formula is C34H36Cl2N2O4. The number of hydrogen-bond acceptors (Lipinski definition) is 4. The van der Waals surface area contributed by atoms with Gasteiger partial charge in [0.2, 0.25) is 0 Å². The molecule has 0 saturated heterocycles. The van der Waals surface area contributed by atoms with E-state index >= 15 is 0 Å². The molecule has 2 aliphatic rings. The molecule has 0 bridgehead atoms. The number of halogens is 2. The van der Waals surface area contributed by atoms with Crippen LogP contribution in [0.25, 0.3) is 16.7 Å². The van der Waals surface area contributed by atoms with Crippen molar-refractivity contribution in [3.63, 3.8) is 0 Å². The van der Waals surface area contributed by atoms with E-state index in [0.29, 0.717) is 40.9 Å². The number of nitrogens with zero attached hydrogens (tertiary/aromatic N) is 2. The van der Waals surface area contributed by atoms with Gasteiger partial charge in [0.05, 0.1) is 23.7 Å². The number of methoxy groups -OCH3 is 1. The van der Waals surface area contributed by atoms with E-state index in [1.165, 1.54) is 0 Å². The van der Waals surface area contributed by atoms with Crippen LogP contribution < -0.4 is 4.74 Å². The summed E-state index contributed by atoms with van der Waals surface area (Å²) in [5, 5.41) is 0.905. The molecule has 0 aromatic heterocycles. The third-order valence-electron chi connectivity index (χ3n) is 7.47. The first-order valence-electron chi connectivity index (χ1n) is 14.2. The van der Waals surface area contributed by atoms with Crippen LogP contribution in [0.5, 0.6) is 5.75 Å². The molecule has 0 radical (unpaired) electrons. The zero-order valence-electron chi connectivity index (χ0n) is 24.5. The largest absolute Gasteiger partial charge is 0.497 e. The van der Waals surface area contributed by atoms with Crippen molar-refractivity contribution in [3.8, 4) is 16.9 Å². The van der Waals surface area contributed by atoms with Gasteiger partial charge in [-0.3, -0.25) is 4.79 Å². The van der Waals surface area contributed by atoms with Crippen molar-refractivity contribution in [2.75, 3.05) is 20.2 Å². The van der Waals surface area contributed by atoms with Gasteiger partial charge in [0.15, 0.2) is 0 Å². The van der Waals surface area contributed by atoms with Crippen LogP contribution in [-0.4, -0.2) is 53.6 Å². The van der Waals surface area contributed by atoms with Gasteiger partial charge in [-0.25, -0.2) is 4.79 Å². The SMILES string of the molecule is COc1cc(C2=C(C(=O)N(Cc3cccc(Cl)c3Cl)C3CC3)CN(C(=O)OC(C)(C)C)CC2)cc(-c2ccccc2)c1. The second-order valence-electron chi connectivity index (χ2n) is 11.8. The minimum Gasteiger partial charge on any atom is -0.497 e. The molecule has 1 fully saturated rings. The van der Waals surface area contributed by atoms with E-state index in [9.17, 15) is 9.59 Å². The Morgan fingerprint density at radius 2 is 1.67 bits per heavy atom. The molecule has 6 nitrogen and oxygen atoms in total. The fourth-order valence-electron chi connectivity index (χ4n) is 5.23. The molecule has 1 heterocycles. The molecule has 0 spiro atoms. The number of carbonyl (C=O) groups is 2. The Labute approximate surface area is 257 Å². The third-order valence-corrected chi connectivity index (χ3v) is 8.33. The highest BCUT2D eigenvalue weighted by atomic mass is 35.5. The van der Waals surface area contributed by atoms with E-state index in [1.54, 1.807) is 18.1 Å². The van der Waals surface area contributed by atoms with E-state index < -0.39 is 11.7 Å². The molecule has 0 unspecified atom stereocenters. The van der Waals surface area contributed by atoms with Crippen LogP contribution in [0.15, 0.2) is 72.3 Å². The lowest BCUT2D eigenvalue weighted by molar-refractivity contribution is -0.128. The smallest absolute Gasteiger partial charge is 0.410 e. The fraction of sp³-hybridized carbons (Fsp3) is 0.353. The molecule has 0 N–H and O–H groups in total. The van der Waals surface area contributed by atoms with Crippen LogP contribution in [-0.2, 0) is 16.1 Å². The van der Waals surface area contributed by atoms with Crippen LogP contribution in [0.4, 0.5) is 4.79 Å². The number of ether oxygens (including phenoxy) is 2. The Morgan fingerprint density at radius 1 is 0.952 bits per heavy atom. The summed E-state index contributed by atoms with van der Waals surface area (Å²) in [5.74, 6) is 0.589. The molecular weight excluding hydrogens is 571 g/mol. The minimum absolute atomic E-state index is 0.100. The molecule has 2 amide bonds. The fourth-order valence-corrected chi connectivity index (χ4v) is 5.61. The molecule has 5 rings (SSSR count). The van der Waals surface area contributed by atoms with Crippen molar-refractivity contribution < 1.29 is 19.1 Å². The van der Waals surface area contributed by atoms with Gasteiger partial charge in [0.25, 0.3) is 5.91 Å². The lowest BCUT2D eigenvalue weighted by atomic mass is 9.90. The summed E-state index contributed by atoms with van der Waals surface area (Å²) >= 11 is 12.9. The molecule has 42 heavy (non-hydrogen) atoms. The van der Waals surface area contributed by atoms with Gasteiger partial charge in [-0.1, -0.05) is 65.7 Å². The van der Waals surface area contributed by atoms with Crippen molar-refractivity contribution in [1.82, 2.24) is 9.80 Å². The third kappa shape index (κ3) is 6.93. The summed E-state index contributed by atoms with van der Waals surface area (Å²) in [6.45, 7) is 6.43. The summed E-state index contributed by atoms with van der Waals surface area (Å²) in [7, 11) is 1.64. The standard InChI is InChI=1S/C34H36Cl2N2O4/c1-34(2,3)42-33(40)37-16-15-28(25-17-24(18-27(19-25)41-4)22-9-6-5-7-10-22)29(21-37)32(39)38(26-13-14-26)20-23-11-8-12-30(35)31(23)36/h5-12,17-19,26H,13-16,20-21H2,1-4H3. The van der Waals surface area contributed by atoms with E-state index in [-0.39, 0.29) is 18.5 Å². The zero-order chi connectivity index (χ0) is 30.0. The van der Waals surface area contributed by atoms with Gasteiger partial charge in [-0.05, 0) is 92.1 Å². The molecule has 1 saturated carbocycles. The monoisotopic (exact) mass is 606 g/mol. The number of hydrogen-bond donors (Lipinski definition) is 0. The van der Waals surface area contributed by atoms with Crippen LogP contribution in [0, 0.1) is 0 Å². The molecule has 220 valence electrons. The van der Waals surface area contributed by atoms with Crippen LogP contribution >= 0.6 is 23.2 Å². The first-order valence-corrected chi connectivity index (χ1v) is 15.0. The van der Waals surface area contributed by atoms with E-state index in [0.717, 1.165) is 40.7 Å². The zero-order valence-corrected chi connectivity index (χ0v) is 26.0. The predicted molar refractivity (Wildman–Crippen MR) is 168 cm³/mol. The maximum atomic E-state index is 14.5. The van der Waals surface area contributed by atoms with Gasteiger partial charge >= 0.3 is 6.09 Å². The Balaban J connectivity index is 1.58. The summed E-state index contributed by atoms with van der Waals surface area (Å²) in [6.07, 6.45) is 1.90. The van der Waals surface area contributed by atoms with Crippen molar-refractivity contribution in [2.24, 2.45) is 0 Å². The number of amides is 2. The highest BCUT2D eigenvalue weighted by Gasteiger charge is 2.38. The van der Waals surface area contributed by atoms with Crippen LogP contribution in [0.3, 0.4) is 0 Å². The highest BCUT2D eigenvalue weighted by molar-refractivity contribution is 6.42. The topological polar surface area (TPSA) is 59.1 Å². The Morgan fingerprint density at radius 3 is 2.33 bits per heavy atom. The van der Waals surface area contributed by atoms with Gasteiger partial charge in [0, 0.05) is 24.7 Å². The quantitative estimate of drug-likeness (QED) is 0.271. The van der Waals surface area contributed by atoms with Gasteiger partial charge in [0.1, 0.15) is 11.4 Å². The Bertz CT molecular complexity index is 1510. The molecule has 3 aromatic rings. The van der Waals surface area contributed by atoms with Crippen molar-refractivity contribution in [2.45, 2.75) is 58.2 Å². The maximum absolute atomic E-state index is 14.5.